The molecule has 2 saturated carbocycles. The molecule has 1 aromatic carbocycles. The molecule has 0 saturated heterocycles. The summed E-state index contributed by atoms with van der Waals surface area (Å²) in [5, 5.41) is 3.29. The van der Waals surface area contributed by atoms with Crippen molar-refractivity contribution in [2.45, 2.75) is 38.1 Å². The molecule has 1 aromatic rings. The number of halogens is 1. The van der Waals surface area contributed by atoms with Crippen LogP contribution >= 0.6 is 0 Å². The summed E-state index contributed by atoms with van der Waals surface area (Å²) in [5.74, 6) is 1.78. The quantitative estimate of drug-likeness (QED) is 0.747. The van der Waals surface area contributed by atoms with E-state index in [4.69, 9.17) is 0 Å². The largest absolute Gasteiger partial charge is 0.313 e. The van der Waals surface area contributed by atoms with E-state index in [2.05, 4.69) is 10.2 Å². The zero-order chi connectivity index (χ0) is 14.7. The van der Waals surface area contributed by atoms with Gasteiger partial charge in [0.1, 0.15) is 5.82 Å². The number of nitrogens with one attached hydrogen (secondary N) is 1. The van der Waals surface area contributed by atoms with E-state index >= 15 is 0 Å². The van der Waals surface area contributed by atoms with Crippen molar-refractivity contribution in [3.05, 3.63) is 35.6 Å². The Balaban J connectivity index is 1.55. The summed E-state index contributed by atoms with van der Waals surface area (Å²) in [5.41, 5.74) is 0.804. The number of benzene rings is 1. The summed E-state index contributed by atoms with van der Waals surface area (Å²) in [4.78, 5) is 2.63. The SMILES string of the molecule is CNC(CCN(CC1CC1)CC1CC1)c1ccccc1F. The molecule has 116 valence electrons. The van der Waals surface area contributed by atoms with Crippen molar-refractivity contribution in [1.82, 2.24) is 10.2 Å². The minimum atomic E-state index is -0.0900. The molecular weight excluding hydrogens is 263 g/mol. The summed E-state index contributed by atoms with van der Waals surface area (Å²) in [7, 11) is 1.93. The third kappa shape index (κ3) is 4.52. The van der Waals surface area contributed by atoms with Crippen LogP contribution in [-0.2, 0) is 0 Å². The molecule has 1 N–H and O–H groups in total. The van der Waals surface area contributed by atoms with Gasteiger partial charge in [-0.2, -0.15) is 0 Å². The van der Waals surface area contributed by atoms with Crippen LogP contribution in [0.15, 0.2) is 24.3 Å². The summed E-state index contributed by atoms with van der Waals surface area (Å²) in [6.07, 6.45) is 6.61. The smallest absolute Gasteiger partial charge is 0.127 e. The van der Waals surface area contributed by atoms with Gasteiger partial charge in [-0.1, -0.05) is 18.2 Å². The van der Waals surface area contributed by atoms with E-state index in [0.29, 0.717) is 0 Å². The number of hydrogen-bond acceptors (Lipinski definition) is 2. The van der Waals surface area contributed by atoms with Crippen LogP contribution in [0.25, 0.3) is 0 Å². The molecule has 1 unspecified atom stereocenters. The summed E-state index contributed by atoms with van der Waals surface area (Å²) >= 11 is 0. The Bertz CT molecular complexity index is 440. The number of rotatable bonds is 9. The van der Waals surface area contributed by atoms with Crippen molar-refractivity contribution in [3.63, 3.8) is 0 Å². The van der Waals surface area contributed by atoms with Gasteiger partial charge in [-0.15, -0.1) is 0 Å². The topological polar surface area (TPSA) is 15.3 Å². The van der Waals surface area contributed by atoms with Crippen LogP contribution in [0, 0.1) is 17.7 Å². The molecule has 1 atom stereocenters. The van der Waals surface area contributed by atoms with Gasteiger partial charge in [0.05, 0.1) is 0 Å². The molecule has 0 aromatic heterocycles. The van der Waals surface area contributed by atoms with Crippen LogP contribution in [0.1, 0.15) is 43.7 Å². The number of hydrogen-bond donors (Lipinski definition) is 1. The Labute approximate surface area is 127 Å². The lowest BCUT2D eigenvalue weighted by Crippen LogP contribution is -2.32. The lowest BCUT2D eigenvalue weighted by Gasteiger charge is -2.25. The van der Waals surface area contributed by atoms with Crippen molar-refractivity contribution >= 4 is 0 Å². The van der Waals surface area contributed by atoms with Crippen molar-refractivity contribution < 1.29 is 4.39 Å². The lowest BCUT2D eigenvalue weighted by atomic mass is 10.0. The van der Waals surface area contributed by atoms with Crippen molar-refractivity contribution in [2.24, 2.45) is 11.8 Å². The molecule has 0 heterocycles. The van der Waals surface area contributed by atoms with Gasteiger partial charge >= 0.3 is 0 Å². The summed E-state index contributed by atoms with van der Waals surface area (Å²) < 4.78 is 13.9. The van der Waals surface area contributed by atoms with Gasteiger partial charge in [-0.05, 0) is 63.6 Å². The maximum Gasteiger partial charge on any atom is 0.127 e. The third-order valence-electron chi connectivity index (χ3n) is 4.79. The fourth-order valence-corrected chi connectivity index (χ4v) is 3.11. The highest BCUT2D eigenvalue weighted by Crippen LogP contribution is 2.34. The van der Waals surface area contributed by atoms with E-state index < -0.39 is 0 Å². The standard InChI is InChI=1S/C18H27FN2/c1-20-18(16-4-2-3-5-17(16)19)10-11-21(12-14-6-7-14)13-15-8-9-15/h2-5,14-15,18,20H,6-13H2,1H3. The van der Waals surface area contributed by atoms with E-state index in [1.807, 2.05) is 19.2 Å². The Morgan fingerprint density at radius 3 is 2.29 bits per heavy atom. The number of nitrogens with zero attached hydrogens (tertiary/aromatic N) is 1. The second-order valence-electron chi connectivity index (χ2n) is 6.80. The maximum atomic E-state index is 13.9. The first kappa shape index (κ1) is 15.0. The predicted molar refractivity (Wildman–Crippen MR) is 84.7 cm³/mol. The molecule has 2 fully saturated rings. The van der Waals surface area contributed by atoms with Gasteiger partial charge in [-0.25, -0.2) is 4.39 Å². The van der Waals surface area contributed by atoms with Gasteiger partial charge in [0, 0.05) is 24.7 Å². The molecule has 2 aliphatic carbocycles. The maximum absolute atomic E-state index is 13.9. The molecule has 0 bridgehead atoms. The van der Waals surface area contributed by atoms with E-state index in [1.54, 1.807) is 12.1 Å². The van der Waals surface area contributed by atoms with Crippen LogP contribution in [0.3, 0.4) is 0 Å². The van der Waals surface area contributed by atoms with Crippen LogP contribution < -0.4 is 5.32 Å². The van der Waals surface area contributed by atoms with Crippen LogP contribution in [-0.4, -0.2) is 31.6 Å². The highest BCUT2D eigenvalue weighted by molar-refractivity contribution is 5.21. The van der Waals surface area contributed by atoms with Gasteiger partial charge in [-0.3, -0.25) is 0 Å². The van der Waals surface area contributed by atoms with E-state index in [9.17, 15) is 4.39 Å². The molecule has 2 aliphatic rings. The van der Waals surface area contributed by atoms with E-state index in [1.165, 1.54) is 38.8 Å². The molecule has 21 heavy (non-hydrogen) atoms. The Morgan fingerprint density at radius 1 is 1.14 bits per heavy atom. The lowest BCUT2D eigenvalue weighted by molar-refractivity contribution is 0.238. The average molecular weight is 290 g/mol. The first-order chi connectivity index (χ1) is 10.3. The van der Waals surface area contributed by atoms with Crippen molar-refractivity contribution in [3.8, 4) is 0 Å². The van der Waals surface area contributed by atoms with Crippen molar-refractivity contribution in [1.29, 1.82) is 0 Å². The fourth-order valence-electron chi connectivity index (χ4n) is 3.11. The molecular formula is C18H27FN2. The highest BCUT2D eigenvalue weighted by atomic mass is 19.1. The van der Waals surface area contributed by atoms with Gasteiger partial charge in [0.25, 0.3) is 0 Å². The zero-order valence-corrected chi connectivity index (χ0v) is 13.0. The average Bonchev–Trinajstić information content (AvgIpc) is 3.37. The molecule has 0 aliphatic heterocycles. The Kier molecular flexibility index (Phi) is 4.91. The van der Waals surface area contributed by atoms with E-state index in [0.717, 1.165) is 30.4 Å². The molecule has 3 rings (SSSR count). The molecule has 2 nitrogen and oxygen atoms in total. The molecule has 0 radical (unpaired) electrons. The van der Waals surface area contributed by atoms with Crippen molar-refractivity contribution in [2.75, 3.05) is 26.7 Å². The van der Waals surface area contributed by atoms with Crippen LogP contribution in [0.2, 0.25) is 0 Å². The molecule has 0 spiro atoms. The molecule has 3 heteroatoms. The summed E-state index contributed by atoms with van der Waals surface area (Å²) in [6, 6.07) is 7.27. The first-order valence-corrected chi connectivity index (χ1v) is 8.40. The van der Waals surface area contributed by atoms with Gasteiger partial charge in [0.15, 0.2) is 0 Å². The Hall–Kier alpha value is -0.930. The van der Waals surface area contributed by atoms with Crippen LogP contribution in [0.5, 0.6) is 0 Å². The highest BCUT2D eigenvalue weighted by Gasteiger charge is 2.29. The summed E-state index contributed by atoms with van der Waals surface area (Å²) in [6.45, 7) is 3.58. The minimum absolute atomic E-state index is 0.0900. The first-order valence-electron chi connectivity index (χ1n) is 8.40. The Morgan fingerprint density at radius 2 is 1.76 bits per heavy atom. The minimum Gasteiger partial charge on any atom is -0.313 e. The normalized spacial score (nSPS) is 20.0. The third-order valence-corrected chi connectivity index (χ3v) is 4.79. The van der Waals surface area contributed by atoms with Gasteiger partial charge < -0.3 is 10.2 Å². The fraction of sp³-hybridized carbons (Fsp3) is 0.667. The zero-order valence-electron chi connectivity index (χ0n) is 13.0. The van der Waals surface area contributed by atoms with Crippen LogP contribution in [0.4, 0.5) is 4.39 Å². The monoisotopic (exact) mass is 290 g/mol. The second kappa shape index (κ2) is 6.89. The second-order valence-corrected chi connectivity index (χ2v) is 6.80. The van der Waals surface area contributed by atoms with E-state index in [-0.39, 0.29) is 11.9 Å². The predicted octanol–water partition coefficient (Wildman–Crippen LogP) is 3.60. The molecule has 0 amide bonds. The van der Waals surface area contributed by atoms with Gasteiger partial charge in [0.2, 0.25) is 0 Å².